The molecule has 0 spiro atoms. The highest BCUT2D eigenvalue weighted by Crippen LogP contribution is 2.43. The Morgan fingerprint density at radius 3 is 0.785 bits per heavy atom. The number of hydrogen-bond acceptors (Lipinski definition) is 29. The van der Waals surface area contributed by atoms with Crippen LogP contribution >= 0.6 is 45.3 Å². The van der Waals surface area contributed by atoms with Crippen LogP contribution in [0.1, 0.15) is 372 Å². The van der Waals surface area contributed by atoms with Crippen molar-refractivity contribution in [2.75, 3.05) is 78.6 Å². The molecule has 0 unspecified atom stereocenters. The second-order valence-electron chi connectivity index (χ2n) is 42.9. The van der Waals surface area contributed by atoms with Crippen LogP contribution in [0.25, 0.3) is 41.8 Å². The molecule has 4 aliphatic carbocycles. The fourth-order valence-corrected chi connectivity index (χ4v) is 26.0. The van der Waals surface area contributed by atoms with Gasteiger partial charge in [-0.2, -0.15) is 0 Å². The molecule has 33 nitrogen and oxygen atoms in total. The van der Waals surface area contributed by atoms with E-state index in [0.717, 1.165) is 190 Å². The van der Waals surface area contributed by atoms with Crippen LogP contribution in [0.5, 0.6) is 0 Å². The standard InChI is InChI=1S/C27H37N5O4S2.C27H39N5O3S.2C26H37N5O3S/c1-17-15-22(29-19-8-3-4-9-19)28-16-21(17)24-23(27(34)32-12-6-5-7-18(32)2)31-26(37-24)25(33)30-20-10-13-38(35,36)14-11-20;1-17-14-21(30-19-11-6-5-7-12-19)28-15-20(17)23-22(26(34)32-13-9-8-10-18(32)2)31-25(36-23)24(33)29-16-27(3,4)35;1-16-13-20(29-18-10-5-6-11-18)27-14-19(16)22-21(25(33)31-12-8-7-9-17(31)2)30-24(35-22)23(32)28-15-26(3,4)34;1-16-13-20(29-18-10-6-5-7-11-18)27-14-19(16)22-21(25(33)31-12-8-9-17(31)2)30-24(35-22)23(32)28-15-26(3,4)34/h15-16,18-20H,3-14H2,1-2H3,(H,28,29)(H,30,33);14-15,18-19,35H,5-13,16H2,1-4H3,(H,28,30)(H,29,33);2*13-14,17-18,34H,5-12,15H2,1-4H3,(H,27,29)(H,28,32)/t2*18-;2*17-/m0000/s1. The van der Waals surface area contributed by atoms with Gasteiger partial charge in [0.2, 0.25) is 0 Å². The zero-order valence-corrected chi connectivity index (χ0v) is 90.5. The Hall–Kier alpha value is -10.1. The molecule has 782 valence electrons. The number of rotatable bonds is 27. The Kier molecular flexibility index (Phi) is 37.4. The van der Waals surface area contributed by atoms with Gasteiger partial charge < -0.3 is 77.5 Å². The van der Waals surface area contributed by atoms with Crippen LogP contribution in [0.4, 0.5) is 23.3 Å². The Bertz CT molecular complexity index is 5940. The van der Waals surface area contributed by atoms with E-state index in [9.17, 15) is 62.1 Å². The molecule has 9 aliphatic rings. The summed E-state index contributed by atoms with van der Waals surface area (Å²) in [4.78, 5) is 153. The molecule has 8 aromatic heterocycles. The first kappa shape index (κ1) is 110. The molecule has 5 saturated heterocycles. The van der Waals surface area contributed by atoms with E-state index in [1.807, 2.05) is 78.5 Å². The molecule has 5 aliphatic heterocycles. The number of nitrogens with one attached hydrogen (secondary N) is 8. The van der Waals surface area contributed by atoms with Crippen molar-refractivity contribution in [2.45, 2.75) is 367 Å². The minimum Gasteiger partial charge on any atom is -0.389 e. The predicted octanol–water partition coefficient (Wildman–Crippen LogP) is 17.7. The lowest BCUT2D eigenvalue weighted by atomic mass is 9.95. The van der Waals surface area contributed by atoms with Crippen LogP contribution in [0.15, 0.2) is 49.1 Å². The van der Waals surface area contributed by atoms with E-state index in [0.29, 0.717) is 105 Å². The van der Waals surface area contributed by atoms with Gasteiger partial charge in [0.05, 0.1) is 47.8 Å². The maximum Gasteiger partial charge on any atom is 0.280 e. The lowest BCUT2D eigenvalue weighted by molar-refractivity contribution is 0.0622. The number of carbonyl (C=O) groups is 8. The quantitative estimate of drug-likeness (QED) is 0.0228. The van der Waals surface area contributed by atoms with Crippen molar-refractivity contribution in [3.63, 3.8) is 0 Å². The van der Waals surface area contributed by atoms with Gasteiger partial charge in [0, 0.05) is 147 Å². The van der Waals surface area contributed by atoms with Gasteiger partial charge in [0.1, 0.15) is 55.9 Å². The zero-order valence-electron chi connectivity index (χ0n) is 86.4. The van der Waals surface area contributed by atoms with Gasteiger partial charge in [-0.3, -0.25) is 38.4 Å². The molecule has 9 fully saturated rings. The Balaban J connectivity index is 0.000000152. The normalized spacial score (nSPS) is 20.0. The maximum absolute atomic E-state index is 13.7. The number of aryl methyl sites for hydroxylation is 4. The molecule has 38 heteroatoms. The number of thiazole rings is 4. The van der Waals surface area contributed by atoms with Crippen LogP contribution < -0.4 is 42.5 Å². The lowest BCUT2D eigenvalue weighted by Crippen LogP contribution is -2.42. The van der Waals surface area contributed by atoms with E-state index in [-0.39, 0.29) is 111 Å². The van der Waals surface area contributed by atoms with Crippen molar-refractivity contribution in [1.29, 1.82) is 0 Å². The molecule has 13 heterocycles. The van der Waals surface area contributed by atoms with Gasteiger partial charge in [-0.25, -0.2) is 48.3 Å². The minimum absolute atomic E-state index is 0.0732. The molecule has 11 N–H and O–H groups in total. The van der Waals surface area contributed by atoms with Crippen molar-refractivity contribution in [3.05, 3.63) is 114 Å². The number of hydrogen-bond donors (Lipinski definition) is 11. The molecule has 17 rings (SSSR count). The van der Waals surface area contributed by atoms with E-state index in [2.05, 4.69) is 103 Å². The summed E-state index contributed by atoms with van der Waals surface area (Å²) in [6.45, 7) is 29.1. The summed E-state index contributed by atoms with van der Waals surface area (Å²) in [5, 5.41) is 56.2. The third-order valence-corrected chi connectivity index (χ3v) is 34.9. The highest BCUT2D eigenvalue weighted by atomic mass is 32.2. The smallest absolute Gasteiger partial charge is 0.280 e. The molecule has 0 bridgehead atoms. The molecule has 8 aromatic rings. The van der Waals surface area contributed by atoms with Gasteiger partial charge in [0.15, 0.2) is 20.0 Å². The van der Waals surface area contributed by atoms with Gasteiger partial charge in [-0.1, -0.05) is 64.2 Å². The van der Waals surface area contributed by atoms with E-state index in [4.69, 9.17) is 0 Å². The van der Waals surface area contributed by atoms with Gasteiger partial charge in [-0.15, -0.1) is 45.3 Å². The fraction of sp³-hybridized carbons (Fsp3) is 0.623. The molecule has 4 saturated carbocycles. The summed E-state index contributed by atoms with van der Waals surface area (Å²) in [5.41, 5.74) is 5.23. The minimum atomic E-state index is -3.03. The summed E-state index contributed by atoms with van der Waals surface area (Å²) in [5.74, 6) is 1.36. The molecule has 8 amide bonds. The molecule has 0 radical (unpaired) electrons. The highest BCUT2D eigenvalue weighted by Gasteiger charge is 2.39. The van der Waals surface area contributed by atoms with Gasteiger partial charge in [0.25, 0.3) is 47.3 Å². The van der Waals surface area contributed by atoms with Crippen molar-refractivity contribution in [2.24, 2.45) is 0 Å². The average molecular weight is 2070 g/mol. The number of carbonyl (C=O) groups excluding carboxylic acids is 8. The summed E-state index contributed by atoms with van der Waals surface area (Å²) >= 11 is 4.82. The van der Waals surface area contributed by atoms with Crippen LogP contribution in [0, 0.1) is 27.7 Å². The molecular formula is C106H150N20O13S5. The molecule has 0 aromatic carbocycles. The van der Waals surface area contributed by atoms with Crippen LogP contribution in [-0.4, -0.2) is 259 Å². The summed E-state index contributed by atoms with van der Waals surface area (Å²) < 4.78 is 23.6. The number of aromatic nitrogens is 8. The number of nitrogens with zero attached hydrogens (tertiary/aromatic N) is 12. The lowest BCUT2D eigenvalue weighted by Gasteiger charge is -2.33. The third kappa shape index (κ3) is 29.5. The number of anilines is 4. The van der Waals surface area contributed by atoms with E-state index >= 15 is 0 Å². The topological polar surface area (TPSA) is 444 Å². The fourth-order valence-electron chi connectivity index (χ4n) is 20.3. The van der Waals surface area contributed by atoms with Crippen LogP contribution in [-0.2, 0) is 9.84 Å². The molecule has 144 heavy (non-hydrogen) atoms. The van der Waals surface area contributed by atoms with E-state index < -0.39 is 44.4 Å². The predicted molar refractivity (Wildman–Crippen MR) is 571 cm³/mol. The third-order valence-electron chi connectivity index (χ3n) is 28.8. The van der Waals surface area contributed by atoms with E-state index in [1.54, 1.807) is 66.3 Å². The first-order valence-electron chi connectivity index (χ1n) is 52.3. The zero-order chi connectivity index (χ0) is 103. The average Bonchev–Trinajstić information content (AvgIpc) is 1.64. The second kappa shape index (κ2) is 49.2. The SMILES string of the molecule is Cc1cc(NC2CCCC2)ncc1-c1sc(C(=O)NC2CCS(=O)(=O)CC2)nc1C(=O)N1CCCC[C@@H]1C.Cc1cc(NC2CCCC2)ncc1-c1sc(C(=O)NCC(C)(C)O)nc1C(=O)N1CCCC[C@@H]1C.Cc1cc(NC2CCCCC2)ncc1-c1sc(C(=O)NCC(C)(C)O)nc1C(=O)N1CCCC[C@@H]1C.Cc1cc(NC2CCCCC2)ncc1-c1sc(C(=O)NCC(C)(C)O)nc1C(=O)N1CCC[C@@H]1C. The van der Waals surface area contributed by atoms with Gasteiger partial charge >= 0.3 is 0 Å². The Morgan fingerprint density at radius 1 is 0.326 bits per heavy atom. The van der Waals surface area contributed by atoms with Crippen LogP contribution in [0.3, 0.4) is 0 Å². The van der Waals surface area contributed by atoms with Crippen molar-refractivity contribution < 1.29 is 62.1 Å². The second-order valence-corrected chi connectivity index (χ2v) is 49.2. The van der Waals surface area contributed by atoms with E-state index in [1.165, 1.54) is 110 Å². The van der Waals surface area contributed by atoms with Crippen LogP contribution in [0.2, 0.25) is 0 Å². The number of aliphatic hydroxyl groups is 3. The number of sulfone groups is 1. The number of piperidine rings is 3. The Morgan fingerprint density at radius 2 is 0.556 bits per heavy atom. The first-order chi connectivity index (χ1) is 68.6. The van der Waals surface area contributed by atoms with Gasteiger partial charge in [-0.05, 0) is 278 Å². The van der Waals surface area contributed by atoms with Crippen molar-refractivity contribution in [3.8, 4) is 41.8 Å². The number of amides is 8. The largest absolute Gasteiger partial charge is 0.389 e. The maximum atomic E-state index is 13.7. The summed E-state index contributed by atoms with van der Waals surface area (Å²) in [7, 11) is -3.03. The number of likely N-dealkylation sites (tertiary alicyclic amines) is 4. The highest BCUT2D eigenvalue weighted by molar-refractivity contribution is 7.91. The number of pyridine rings is 4. The summed E-state index contributed by atoms with van der Waals surface area (Å²) in [6.07, 6.45) is 40.7. The molecule has 4 atom stereocenters. The first-order valence-corrected chi connectivity index (χ1v) is 57.4. The molecular weight excluding hydrogens is 1920 g/mol. The van der Waals surface area contributed by atoms with Crippen molar-refractivity contribution in [1.82, 2.24) is 80.7 Å². The Labute approximate surface area is 864 Å². The summed E-state index contributed by atoms with van der Waals surface area (Å²) in [6, 6.07) is 10.2. The van der Waals surface area contributed by atoms with Crippen molar-refractivity contribution >= 4 is 126 Å². The monoisotopic (exact) mass is 2070 g/mol.